The van der Waals surface area contributed by atoms with Gasteiger partial charge in [-0.2, -0.15) is 0 Å². The Bertz CT molecular complexity index is 599. The van der Waals surface area contributed by atoms with Crippen molar-refractivity contribution in [2.75, 3.05) is 45.8 Å². The molecule has 0 aromatic heterocycles. The zero-order valence-corrected chi connectivity index (χ0v) is 21.0. The number of rotatable bonds is 7. The first-order valence-electron chi connectivity index (χ1n) is 11.7. The average molecular weight is 440 g/mol. The molecule has 180 valence electrons. The maximum Gasteiger partial charge on any atom is 0.410 e. The zero-order valence-electron chi connectivity index (χ0n) is 21.0. The van der Waals surface area contributed by atoms with E-state index in [1.54, 1.807) is 0 Å². The summed E-state index contributed by atoms with van der Waals surface area (Å²) in [5, 5.41) is 6.30. The predicted octanol–water partition coefficient (Wildman–Crippen LogP) is 3.08. The molecule has 0 bridgehead atoms. The minimum absolute atomic E-state index is 0.0407. The Morgan fingerprint density at radius 3 is 2.16 bits per heavy atom. The maximum absolute atomic E-state index is 12.4. The molecule has 2 N–H and O–H groups in total. The number of hydrogen-bond acceptors (Lipinski definition) is 4. The van der Waals surface area contributed by atoms with Gasteiger partial charge in [-0.15, -0.1) is 0 Å². The molecular formula is C23H45N5O3. The number of likely N-dealkylation sites (tertiary alicyclic amines) is 1. The monoisotopic (exact) mass is 439 g/mol. The van der Waals surface area contributed by atoms with Crippen molar-refractivity contribution < 1.29 is 14.3 Å². The number of aliphatic imine (C=N–C) groups is 1. The predicted molar refractivity (Wildman–Crippen MR) is 126 cm³/mol. The third-order valence-electron chi connectivity index (χ3n) is 5.10. The van der Waals surface area contributed by atoms with Gasteiger partial charge in [0, 0.05) is 44.7 Å². The number of ether oxygens (including phenoxy) is 1. The van der Waals surface area contributed by atoms with E-state index in [4.69, 9.17) is 9.73 Å². The van der Waals surface area contributed by atoms with Gasteiger partial charge in [-0.05, 0) is 53.4 Å². The molecule has 31 heavy (non-hydrogen) atoms. The molecule has 0 aromatic rings. The normalized spacial score (nSPS) is 16.1. The Morgan fingerprint density at radius 2 is 1.68 bits per heavy atom. The van der Waals surface area contributed by atoms with Crippen molar-refractivity contribution >= 4 is 18.0 Å². The Labute approximate surface area is 189 Å². The molecule has 8 heteroatoms. The zero-order chi connectivity index (χ0) is 23.7. The van der Waals surface area contributed by atoms with Crippen molar-refractivity contribution in [3.63, 3.8) is 0 Å². The van der Waals surface area contributed by atoms with Crippen LogP contribution in [-0.2, 0) is 9.53 Å². The SMILES string of the molecule is CCNC(=NCCNC(=O)C(C)(C)C)N1CCC(CN(CC)C(=O)OC(C)(C)C)CC1. The van der Waals surface area contributed by atoms with Crippen molar-refractivity contribution in [3.05, 3.63) is 0 Å². The standard InChI is InChI=1S/C23H45N5O3/c1-9-24-20(26-14-13-25-19(29)22(3,4)5)28-15-11-18(12-16-28)17-27(10-2)21(30)31-23(6,7)8/h18H,9-17H2,1-8H3,(H,24,26)(H,25,29). The first-order chi connectivity index (χ1) is 14.4. The van der Waals surface area contributed by atoms with Gasteiger partial charge in [0.2, 0.25) is 5.91 Å². The molecule has 0 atom stereocenters. The summed E-state index contributed by atoms with van der Waals surface area (Å²) in [6.07, 6.45) is 1.78. The Balaban J connectivity index is 2.54. The molecule has 0 spiro atoms. The highest BCUT2D eigenvalue weighted by Gasteiger charge is 2.27. The Hall–Kier alpha value is -1.99. The number of nitrogens with zero attached hydrogens (tertiary/aromatic N) is 3. The van der Waals surface area contributed by atoms with Crippen LogP contribution in [0.1, 0.15) is 68.2 Å². The second-order valence-electron chi connectivity index (χ2n) is 10.2. The second-order valence-corrected chi connectivity index (χ2v) is 10.2. The van der Waals surface area contributed by atoms with Crippen molar-refractivity contribution in [2.45, 2.75) is 73.8 Å². The number of guanidine groups is 1. The van der Waals surface area contributed by atoms with Crippen LogP contribution in [0.15, 0.2) is 4.99 Å². The van der Waals surface area contributed by atoms with Gasteiger partial charge in [0.1, 0.15) is 5.60 Å². The van der Waals surface area contributed by atoms with Crippen molar-refractivity contribution in [1.29, 1.82) is 0 Å². The van der Waals surface area contributed by atoms with Crippen LogP contribution in [0.3, 0.4) is 0 Å². The lowest BCUT2D eigenvalue weighted by molar-refractivity contribution is -0.128. The summed E-state index contributed by atoms with van der Waals surface area (Å²) < 4.78 is 5.53. The van der Waals surface area contributed by atoms with E-state index < -0.39 is 5.60 Å². The van der Waals surface area contributed by atoms with E-state index in [-0.39, 0.29) is 17.4 Å². The smallest absolute Gasteiger partial charge is 0.410 e. The van der Waals surface area contributed by atoms with E-state index in [0.29, 0.717) is 25.6 Å². The molecule has 1 aliphatic heterocycles. The summed E-state index contributed by atoms with van der Waals surface area (Å²) in [7, 11) is 0. The molecule has 1 aliphatic rings. The molecule has 0 saturated carbocycles. The van der Waals surface area contributed by atoms with Crippen LogP contribution in [0.5, 0.6) is 0 Å². The van der Waals surface area contributed by atoms with E-state index in [1.165, 1.54) is 0 Å². The van der Waals surface area contributed by atoms with Crippen LogP contribution in [-0.4, -0.2) is 79.2 Å². The summed E-state index contributed by atoms with van der Waals surface area (Å²) in [5.74, 6) is 1.39. The molecule has 0 radical (unpaired) electrons. The fourth-order valence-corrected chi connectivity index (χ4v) is 3.32. The quantitative estimate of drug-likeness (QED) is 0.362. The number of piperidine rings is 1. The lowest BCUT2D eigenvalue weighted by Crippen LogP contribution is -2.48. The second kappa shape index (κ2) is 12.2. The first kappa shape index (κ1) is 27.0. The summed E-state index contributed by atoms with van der Waals surface area (Å²) in [6, 6.07) is 0. The van der Waals surface area contributed by atoms with Gasteiger partial charge in [-0.3, -0.25) is 9.79 Å². The molecule has 1 rings (SSSR count). The highest BCUT2D eigenvalue weighted by Crippen LogP contribution is 2.20. The first-order valence-corrected chi connectivity index (χ1v) is 11.7. The Kier molecular flexibility index (Phi) is 10.6. The summed E-state index contributed by atoms with van der Waals surface area (Å²) in [4.78, 5) is 33.2. The maximum atomic E-state index is 12.4. The minimum Gasteiger partial charge on any atom is -0.444 e. The molecule has 1 fully saturated rings. The van der Waals surface area contributed by atoms with Gasteiger partial charge in [0.15, 0.2) is 5.96 Å². The lowest BCUT2D eigenvalue weighted by atomic mass is 9.96. The molecular weight excluding hydrogens is 394 g/mol. The highest BCUT2D eigenvalue weighted by atomic mass is 16.6. The number of amides is 2. The van der Waals surface area contributed by atoms with Crippen LogP contribution < -0.4 is 10.6 Å². The van der Waals surface area contributed by atoms with Gasteiger partial charge >= 0.3 is 6.09 Å². The van der Waals surface area contributed by atoms with Gasteiger partial charge < -0.3 is 25.2 Å². The largest absolute Gasteiger partial charge is 0.444 e. The minimum atomic E-state index is -0.475. The molecule has 2 amide bonds. The number of carbonyl (C=O) groups is 2. The molecule has 1 heterocycles. The Morgan fingerprint density at radius 1 is 1.06 bits per heavy atom. The third-order valence-corrected chi connectivity index (χ3v) is 5.10. The number of nitrogens with one attached hydrogen (secondary N) is 2. The molecule has 0 aromatic carbocycles. The van der Waals surface area contributed by atoms with E-state index in [0.717, 1.165) is 45.0 Å². The number of carbonyl (C=O) groups excluding carboxylic acids is 2. The fourth-order valence-electron chi connectivity index (χ4n) is 3.32. The molecule has 1 saturated heterocycles. The van der Waals surface area contributed by atoms with Gasteiger partial charge in [-0.1, -0.05) is 20.8 Å². The van der Waals surface area contributed by atoms with Crippen LogP contribution in [0, 0.1) is 11.3 Å². The van der Waals surface area contributed by atoms with Crippen LogP contribution in [0.2, 0.25) is 0 Å². The van der Waals surface area contributed by atoms with Crippen LogP contribution in [0.4, 0.5) is 4.79 Å². The van der Waals surface area contributed by atoms with Crippen LogP contribution in [0.25, 0.3) is 0 Å². The summed E-state index contributed by atoms with van der Waals surface area (Å²) in [6.45, 7) is 20.5. The molecule has 0 unspecified atom stereocenters. The number of hydrogen-bond donors (Lipinski definition) is 2. The fraction of sp³-hybridized carbons (Fsp3) is 0.870. The third kappa shape index (κ3) is 10.2. The topological polar surface area (TPSA) is 86.3 Å². The molecule has 8 nitrogen and oxygen atoms in total. The van der Waals surface area contributed by atoms with E-state index in [2.05, 4.69) is 22.5 Å². The molecule has 0 aliphatic carbocycles. The van der Waals surface area contributed by atoms with Gasteiger partial charge in [0.05, 0.1) is 6.54 Å². The van der Waals surface area contributed by atoms with Crippen molar-refractivity contribution in [3.8, 4) is 0 Å². The van der Waals surface area contributed by atoms with E-state index in [1.807, 2.05) is 53.4 Å². The van der Waals surface area contributed by atoms with Gasteiger partial charge in [0.25, 0.3) is 0 Å². The van der Waals surface area contributed by atoms with Crippen LogP contribution >= 0.6 is 0 Å². The highest BCUT2D eigenvalue weighted by molar-refractivity contribution is 5.81. The summed E-state index contributed by atoms with van der Waals surface area (Å²) >= 11 is 0. The van der Waals surface area contributed by atoms with Gasteiger partial charge in [-0.25, -0.2) is 4.79 Å². The lowest BCUT2D eigenvalue weighted by Gasteiger charge is -2.36. The average Bonchev–Trinajstić information content (AvgIpc) is 2.66. The van der Waals surface area contributed by atoms with E-state index in [9.17, 15) is 9.59 Å². The van der Waals surface area contributed by atoms with Crippen molar-refractivity contribution in [2.24, 2.45) is 16.3 Å². The van der Waals surface area contributed by atoms with Crippen molar-refractivity contribution in [1.82, 2.24) is 20.4 Å². The van der Waals surface area contributed by atoms with E-state index >= 15 is 0 Å². The summed E-state index contributed by atoms with van der Waals surface area (Å²) in [5.41, 5.74) is -0.862.